The number of aliphatic hydroxyl groups is 1. The molecule has 5 nitrogen and oxygen atoms in total. The number of nitriles is 1. The highest BCUT2D eigenvalue weighted by atomic mass is 32.2. The summed E-state index contributed by atoms with van der Waals surface area (Å²) in [6.45, 7) is 3.90. The summed E-state index contributed by atoms with van der Waals surface area (Å²) >= 11 is 1.41. The van der Waals surface area contributed by atoms with Crippen LogP contribution in [0.25, 0.3) is 27.5 Å². The summed E-state index contributed by atoms with van der Waals surface area (Å²) in [5.74, 6) is 0.357. The zero-order valence-electron chi connectivity index (χ0n) is 15.5. The maximum Gasteiger partial charge on any atom is 0.152 e. The van der Waals surface area contributed by atoms with E-state index in [0.717, 1.165) is 32.5 Å². The molecule has 2 N–H and O–H groups in total. The third-order valence-corrected chi connectivity index (χ3v) is 5.60. The van der Waals surface area contributed by atoms with Gasteiger partial charge >= 0.3 is 0 Å². The number of aliphatic hydroxyl groups excluding tert-OH is 1. The number of aromatic nitrogens is 3. The summed E-state index contributed by atoms with van der Waals surface area (Å²) in [6.07, 6.45) is 0. The molecule has 0 aliphatic heterocycles. The predicted molar refractivity (Wildman–Crippen MR) is 113 cm³/mol. The van der Waals surface area contributed by atoms with Crippen molar-refractivity contribution in [3.8, 4) is 6.07 Å². The predicted octanol–water partition coefficient (Wildman–Crippen LogP) is 5.39. The minimum absolute atomic E-state index is 0.0147. The highest BCUT2D eigenvalue weighted by Crippen LogP contribution is 2.31. The van der Waals surface area contributed by atoms with Crippen LogP contribution >= 0.6 is 11.8 Å². The van der Waals surface area contributed by atoms with E-state index >= 15 is 0 Å². The topological polar surface area (TPSA) is 85.6 Å². The van der Waals surface area contributed by atoms with Gasteiger partial charge in [-0.1, -0.05) is 42.1 Å². The normalized spacial score (nSPS) is 13.3. The summed E-state index contributed by atoms with van der Waals surface area (Å²) < 4.78 is 0. The molecular weight excluding hydrogens is 368 g/mol. The number of nitrogens with zero attached hydrogens (tertiary/aromatic N) is 3. The van der Waals surface area contributed by atoms with Crippen LogP contribution in [0.2, 0.25) is 0 Å². The number of imidazole rings is 1. The fourth-order valence-corrected chi connectivity index (χ4v) is 4.11. The van der Waals surface area contributed by atoms with E-state index in [1.54, 1.807) is 0 Å². The van der Waals surface area contributed by atoms with Gasteiger partial charge in [0.2, 0.25) is 0 Å². The van der Waals surface area contributed by atoms with Gasteiger partial charge < -0.3 is 10.1 Å². The van der Waals surface area contributed by atoms with Gasteiger partial charge in [-0.15, -0.1) is 0 Å². The average Bonchev–Trinajstić information content (AvgIpc) is 3.12. The molecule has 0 amide bonds. The van der Waals surface area contributed by atoms with Crippen molar-refractivity contribution in [2.24, 2.45) is 0 Å². The quantitative estimate of drug-likeness (QED) is 0.279. The maximum absolute atomic E-state index is 10.7. The van der Waals surface area contributed by atoms with Crippen LogP contribution in [0, 0.1) is 18.3 Å². The van der Waals surface area contributed by atoms with E-state index in [1.165, 1.54) is 11.8 Å². The zero-order chi connectivity index (χ0) is 19.7. The molecule has 4 aromatic rings. The number of allylic oxidation sites excluding steroid dienone is 1. The van der Waals surface area contributed by atoms with Gasteiger partial charge in [-0.25, -0.2) is 9.97 Å². The molecule has 2 heterocycles. The summed E-state index contributed by atoms with van der Waals surface area (Å²) in [5, 5.41) is 21.9. The number of rotatable bonds is 4. The Kier molecular flexibility index (Phi) is 4.76. The number of fused-ring (bicyclic) bond motifs is 2. The van der Waals surface area contributed by atoms with Crippen molar-refractivity contribution < 1.29 is 5.11 Å². The maximum atomic E-state index is 10.7. The van der Waals surface area contributed by atoms with Crippen molar-refractivity contribution in [1.29, 1.82) is 5.26 Å². The van der Waals surface area contributed by atoms with E-state index in [-0.39, 0.29) is 16.6 Å². The van der Waals surface area contributed by atoms with Gasteiger partial charge in [0.05, 0.1) is 26.8 Å². The number of benzene rings is 2. The lowest BCUT2D eigenvalue weighted by atomic mass is 10.1. The van der Waals surface area contributed by atoms with Crippen molar-refractivity contribution >= 4 is 39.3 Å². The number of hydrogen-bond donors (Lipinski definition) is 2. The molecule has 4 rings (SSSR count). The van der Waals surface area contributed by atoms with Crippen LogP contribution in [0.15, 0.2) is 65.4 Å². The van der Waals surface area contributed by atoms with Gasteiger partial charge in [0.1, 0.15) is 17.4 Å². The molecule has 0 aliphatic rings. The Morgan fingerprint density at radius 2 is 1.82 bits per heavy atom. The second-order valence-electron chi connectivity index (χ2n) is 6.53. The monoisotopic (exact) mass is 386 g/mol. The molecule has 0 saturated heterocycles. The lowest BCUT2D eigenvalue weighted by Gasteiger charge is -2.12. The minimum atomic E-state index is -0.351. The Morgan fingerprint density at radius 1 is 1.11 bits per heavy atom. The summed E-state index contributed by atoms with van der Waals surface area (Å²) in [7, 11) is 0. The Hall–Kier alpha value is -3.30. The lowest BCUT2D eigenvalue weighted by molar-refractivity contribution is 0.402. The standard InChI is InChI=1S/C22H18N4OS/c1-13-11-20(24-17-8-4-3-7-15(13)17)28-14(2)21(27)16(12-23)22-25-18-9-5-6-10-19(18)26-22/h3-11,14,27H,1-2H3,(H,25,26)/b21-16+. The van der Waals surface area contributed by atoms with E-state index in [0.29, 0.717) is 5.82 Å². The Morgan fingerprint density at radius 3 is 2.57 bits per heavy atom. The fourth-order valence-electron chi connectivity index (χ4n) is 3.12. The molecule has 1 atom stereocenters. The fraction of sp³-hybridized carbons (Fsp3) is 0.136. The van der Waals surface area contributed by atoms with E-state index in [9.17, 15) is 10.4 Å². The first-order valence-corrected chi connectivity index (χ1v) is 9.76. The van der Waals surface area contributed by atoms with Gasteiger partial charge in [0.25, 0.3) is 0 Å². The molecule has 0 bridgehead atoms. The number of hydrogen-bond acceptors (Lipinski definition) is 5. The smallest absolute Gasteiger partial charge is 0.152 e. The van der Waals surface area contributed by atoms with Crippen molar-refractivity contribution in [2.45, 2.75) is 24.1 Å². The van der Waals surface area contributed by atoms with Gasteiger partial charge in [0, 0.05) is 5.39 Å². The summed E-state index contributed by atoms with van der Waals surface area (Å²) in [5.41, 5.74) is 3.77. The number of aromatic amines is 1. The van der Waals surface area contributed by atoms with Crippen LogP contribution in [0.3, 0.4) is 0 Å². The van der Waals surface area contributed by atoms with E-state index in [4.69, 9.17) is 0 Å². The first-order chi connectivity index (χ1) is 13.6. The molecule has 138 valence electrons. The second-order valence-corrected chi connectivity index (χ2v) is 7.89. The van der Waals surface area contributed by atoms with Gasteiger partial charge in [-0.05, 0) is 43.7 Å². The van der Waals surface area contributed by atoms with Gasteiger partial charge in [-0.2, -0.15) is 5.26 Å². The third-order valence-electron chi connectivity index (χ3n) is 4.58. The van der Waals surface area contributed by atoms with Crippen LogP contribution in [-0.4, -0.2) is 25.3 Å². The van der Waals surface area contributed by atoms with E-state index in [1.807, 2.05) is 68.4 Å². The van der Waals surface area contributed by atoms with Crippen LogP contribution in [-0.2, 0) is 0 Å². The molecular formula is C22H18N4OS. The number of pyridine rings is 1. The molecule has 1 unspecified atom stereocenters. The minimum Gasteiger partial charge on any atom is -0.510 e. The van der Waals surface area contributed by atoms with Gasteiger partial charge in [0.15, 0.2) is 5.82 Å². The summed E-state index contributed by atoms with van der Waals surface area (Å²) in [6, 6.07) is 19.6. The Labute approximate surface area is 166 Å². The van der Waals surface area contributed by atoms with Crippen LogP contribution < -0.4 is 0 Å². The van der Waals surface area contributed by atoms with Crippen LogP contribution in [0.5, 0.6) is 0 Å². The SMILES string of the molecule is Cc1cc(SC(C)/C(O)=C(/C#N)c2nc3ccccc3[nH]2)nc2ccccc12. The number of nitrogens with one attached hydrogen (secondary N) is 1. The van der Waals surface area contributed by atoms with Crippen molar-refractivity contribution in [3.63, 3.8) is 0 Å². The molecule has 28 heavy (non-hydrogen) atoms. The van der Waals surface area contributed by atoms with E-state index in [2.05, 4.69) is 21.0 Å². The van der Waals surface area contributed by atoms with Crippen molar-refractivity contribution in [1.82, 2.24) is 15.0 Å². The van der Waals surface area contributed by atoms with Crippen LogP contribution in [0.4, 0.5) is 0 Å². The molecule has 0 spiro atoms. The van der Waals surface area contributed by atoms with E-state index < -0.39 is 0 Å². The van der Waals surface area contributed by atoms with Crippen molar-refractivity contribution in [3.05, 3.63) is 71.7 Å². The molecule has 0 saturated carbocycles. The first kappa shape index (κ1) is 18.1. The highest BCUT2D eigenvalue weighted by Gasteiger charge is 2.20. The molecule has 0 aliphatic carbocycles. The molecule has 2 aromatic heterocycles. The average molecular weight is 386 g/mol. The molecule has 6 heteroatoms. The third kappa shape index (κ3) is 3.32. The van der Waals surface area contributed by atoms with Crippen molar-refractivity contribution in [2.75, 3.05) is 0 Å². The van der Waals surface area contributed by atoms with Gasteiger partial charge in [-0.3, -0.25) is 0 Å². The first-order valence-electron chi connectivity index (χ1n) is 8.88. The second kappa shape index (κ2) is 7.37. The number of H-pyrrole nitrogens is 1. The highest BCUT2D eigenvalue weighted by molar-refractivity contribution is 8.00. The number of para-hydroxylation sites is 3. The zero-order valence-corrected chi connectivity index (χ0v) is 16.3. The molecule has 0 radical (unpaired) electrons. The lowest BCUT2D eigenvalue weighted by Crippen LogP contribution is -2.05. The number of thioether (sulfide) groups is 1. The van der Waals surface area contributed by atoms with Crippen LogP contribution in [0.1, 0.15) is 18.3 Å². The Balaban J connectivity index is 1.67. The molecule has 0 fully saturated rings. The number of aryl methyl sites for hydroxylation is 1. The largest absolute Gasteiger partial charge is 0.510 e. The Bertz CT molecular complexity index is 1220. The molecule has 2 aromatic carbocycles. The summed E-state index contributed by atoms with van der Waals surface area (Å²) in [4.78, 5) is 12.2.